The maximum atomic E-state index is 13.2. The summed E-state index contributed by atoms with van der Waals surface area (Å²) >= 11 is 0. The molecule has 0 unspecified atom stereocenters. The van der Waals surface area contributed by atoms with Crippen molar-refractivity contribution in [2.45, 2.75) is 52.2 Å². The van der Waals surface area contributed by atoms with Gasteiger partial charge in [0.05, 0.1) is 0 Å². The molecule has 0 saturated carbocycles. The number of rotatable bonds is 6. The van der Waals surface area contributed by atoms with Crippen LogP contribution in [0.1, 0.15) is 36.9 Å². The Morgan fingerprint density at radius 2 is 2.00 bits per heavy atom. The third-order valence-electron chi connectivity index (χ3n) is 5.21. The van der Waals surface area contributed by atoms with Crippen LogP contribution in [0.4, 0.5) is 0 Å². The Hall–Kier alpha value is -3.49. The average Bonchev–Trinajstić information content (AvgIpc) is 3.25. The summed E-state index contributed by atoms with van der Waals surface area (Å²) < 4.78 is 7.70. The number of carbonyl (C=O) groups excluding carboxylic acids is 1. The number of nitrogens with one attached hydrogen (secondary N) is 1. The van der Waals surface area contributed by atoms with Crippen LogP contribution in [-0.4, -0.2) is 25.2 Å². The molecule has 0 radical (unpaired) electrons. The van der Waals surface area contributed by atoms with Gasteiger partial charge in [0.15, 0.2) is 0 Å². The molecule has 1 aliphatic heterocycles. The van der Waals surface area contributed by atoms with Crippen LogP contribution in [0.25, 0.3) is 11.4 Å². The number of aryl methyl sites for hydroxylation is 1. The lowest BCUT2D eigenvalue weighted by Crippen LogP contribution is -2.46. The van der Waals surface area contributed by atoms with Crippen molar-refractivity contribution >= 4 is 5.91 Å². The highest BCUT2D eigenvalue weighted by Gasteiger charge is 2.26. The van der Waals surface area contributed by atoms with E-state index in [-0.39, 0.29) is 17.9 Å². The molecule has 1 aliphatic rings. The summed E-state index contributed by atoms with van der Waals surface area (Å²) in [7, 11) is 0. The number of nitrogens with zero attached hydrogens (tertiary/aromatic N) is 4. The van der Waals surface area contributed by atoms with Gasteiger partial charge in [0.2, 0.25) is 17.6 Å². The molecule has 3 heterocycles. The smallest absolute Gasteiger partial charge is 0.331 e. The van der Waals surface area contributed by atoms with Crippen molar-refractivity contribution in [1.82, 2.24) is 24.6 Å². The molecule has 9 nitrogen and oxygen atoms in total. The Kier molecular flexibility index (Phi) is 5.60. The zero-order valence-electron chi connectivity index (χ0n) is 16.8. The maximum absolute atomic E-state index is 13.2. The maximum Gasteiger partial charge on any atom is 0.331 e. The molecule has 1 amide bonds. The first-order valence-electron chi connectivity index (χ1n) is 10.1. The molecule has 0 spiro atoms. The first-order chi connectivity index (χ1) is 14.6. The SMILES string of the molecule is CCc1nc(-c2c3n(c(=O)n(CC(=O)NCc4ccccc4)c2=O)CCCC3)no1. The lowest BCUT2D eigenvalue weighted by molar-refractivity contribution is -0.121. The number of benzene rings is 1. The Morgan fingerprint density at radius 1 is 1.20 bits per heavy atom. The largest absolute Gasteiger partial charge is 0.350 e. The van der Waals surface area contributed by atoms with Gasteiger partial charge >= 0.3 is 5.69 Å². The number of aromatic nitrogens is 4. The Balaban J connectivity index is 1.69. The molecule has 0 saturated heterocycles. The van der Waals surface area contributed by atoms with Crippen molar-refractivity contribution < 1.29 is 9.32 Å². The average molecular weight is 409 g/mol. The number of fused-ring (bicyclic) bond motifs is 1. The molecule has 2 aromatic heterocycles. The molecule has 9 heteroatoms. The second-order valence-corrected chi connectivity index (χ2v) is 7.23. The molecule has 3 aromatic rings. The summed E-state index contributed by atoms with van der Waals surface area (Å²) in [6, 6.07) is 9.43. The van der Waals surface area contributed by atoms with Crippen molar-refractivity contribution in [3.63, 3.8) is 0 Å². The summed E-state index contributed by atoms with van der Waals surface area (Å²) in [6.45, 7) is 2.32. The highest BCUT2D eigenvalue weighted by Crippen LogP contribution is 2.21. The summed E-state index contributed by atoms with van der Waals surface area (Å²) in [5, 5.41) is 6.69. The fraction of sp³-hybridized carbons (Fsp3) is 0.381. The van der Waals surface area contributed by atoms with E-state index in [0.29, 0.717) is 37.5 Å². The fourth-order valence-electron chi connectivity index (χ4n) is 3.65. The van der Waals surface area contributed by atoms with Gasteiger partial charge in [-0.05, 0) is 24.8 Å². The molecule has 0 fully saturated rings. The third kappa shape index (κ3) is 3.83. The summed E-state index contributed by atoms with van der Waals surface area (Å²) in [4.78, 5) is 43.0. The van der Waals surface area contributed by atoms with E-state index in [0.717, 1.165) is 23.0 Å². The van der Waals surface area contributed by atoms with Crippen molar-refractivity contribution in [3.8, 4) is 11.4 Å². The normalized spacial score (nSPS) is 13.1. The standard InChI is InChI=1S/C21H23N5O4/c1-2-17-23-19(24-30-17)18-15-10-6-7-11-25(15)21(29)26(20(18)28)13-16(27)22-12-14-8-4-3-5-9-14/h3-5,8-9H,2,6-7,10-13H2,1H3,(H,22,27). The minimum Gasteiger partial charge on any atom is -0.350 e. The van der Waals surface area contributed by atoms with E-state index in [2.05, 4.69) is 15.5 Å². The van der Waals surface area contributed by atoms with Crippen LogP contribution in [0, 0.1) is 0 Å². The molecular formula is C21H23N5O4. The summed E-state index contributed by atoms with van der Waals surface area (Å²) in [5.41, 5.74) is 0.744. The fourth-order valence-corrected chi connectivity index (χ4v) is 3.65. The molecule has 1 N–H and O–H groups in total. The van der Waals surface area contributed by atoms with Crippen molar-refractivity contribution in [1.29, 1.82) is 0 Å². The third-order valence-corrected chi connectivity index (χ3v) is 5.21. The van der Waals surface area contributed by atoms with Gasteiger partial charge in [0.25, 0.3) is 5.56 Å². The predicted octanol–water partition coefficient (Wildman–Crippen LogP) is 1.28. The van der Waals surface area contributed by atoms with E-state index < -0.39 is 17.2 Å². The van der Waals surface area contributed by atoms with Crippen molar-refractivity contribution in [2.75, 3.05) is 0 Å². The van der Waals surface area contributed by atoms with E-state index in [9.17, 15) is 14.4 Å². The van der Waals surface area contributed by atoms with Gasteiger partial charge in [-0.3, -0.25) is 18.7 Å². The van der Waals surface area contributed by atoms with Crippen molar-refractivity contribution in [3.05, 3.63) is 68.3 Å². The zero-order valence-corrected chi connectivity index (χ0v) is 16.8. The van der Waals surface area contributed by atoms with Crippen LogP contribution < -0.4 is 16.6 Å². The lowest BCUT2D eigenvalue weighted by Gasteiger charge is -2.21. The number of hydrogen-bond donors (Lipinski definition) is 1. The molecule has 1 aromatic carbocycles. The van der Waals surface area contributed by atoms with E-state index in [1.807, 2.05) is 37.3 Å². The van der Waals surface area contributed by atoms with Crippen LogP contribution in [-0.2, 0) is 37.3 Å². The van der Waals surface area contributed by atoms with Gasteiger partial charge in [-0.15, -0.1) is 0 Å². The Labute approximate surface area is 172 Å². The molecular weight excluding hydrogens is 386 g/mol. The van der Waals surface area contributed by atoms with E-state index in [1.54, 1.807) is 4.57 Å². The van der Waals surface area contributed by atoms with Crippen LogP contribution in [0.5, 0.6) is 0 Å². The molecule has 30 heavy (non-hydrogen) atoms. The van der Waals surface area contributed by atoms with Gasteiger partial charge < -0.3 is 9.84 Å². The molecule has 0 atom stereocenters. The summed E-state index contributed by atoms with van der Waals surface area (Å²) in [6.07, 6.45) is 2.82. The Bertz CT molecular complexity index is 1180. The first-order valence-corrected chi connectivity index (χ1v) is 10.1. The Morgan fingerprint density at radius 3 is 2.73 bits per heavy atom. The van der Waals surface area contributed by atoms with Gasteiger partial charge in [0.1, 0.15) is 12.1 Å². The zero-order chi connectivity index (χ0) is 21.1. The monoisotopic (exact) mass is 409 g/mol. The van der Waals surface area contributed by atoms with E-state index in [4.69, 9.17) is 4.52 Å². The number of hydrogen-bond acceptors (Lipinski definition) is 6. The van der Waals surface area contributed by atoms with Gasteiger partial charge in [0, 0.05) is 25.2 Å². The predicted molar refractivity (Wildman–Crippen MR) is 109 cm³/mol. The lowest BCUT2D eigenvalue weighted by atomic mass is 10.0. The second-order valence-electron chi connectivity index (χ2n) is 7.23. The minimum absolute atomic E-state index is 0.168. The van der Waals surface area contributed by atoms with Crippen molar-refractivity contribution in [2.24, 2.45) is 0 Å². The quantitative estimate of drug-likeness (QED) is 0.656. The second kappa shape index (κ2) is 8.48. The summed E-state index contributed by atoms with van der Waals surface area (Å²) in [5.74, 6) is 0.168. The first kappa shape index (κ1) is 19.8. The van der Waals surface area contributed by atoms with Gasteiger partial charge in [-0.25, -0.2) is 4.79 Å². The van der Waals surface area contributed by atoms with Crippen LogP contribution in [0.3, 0.4) is 0 Å². The molecule has 156 valence electrons. The van der Waals surface area contributed by atoms with E-state index in [1.165, 1.54) is 0 Å². The topological polar surface area (TPSA) is 112 Å². The highest BCUT2D eigenvalue weighted by atomic mass is 16.5. The highest BCUT2D eigenvalue weighted by molar-refractivity contribution is 5.75. The number of amides is 1. The molecule has 4 rings (SSSR count). The minimum atomic E-state index is -0.563. The number of carbonyl (C=O) groups is 1. The van der Waals surface area contributed by atoms with Gasteiger partial charge in [-0.2, -0.15) is 4.98 Å². The van der Waals surface area contributed by atoms with Gasteiger partial charge in [-0.1, -0.05) is 42.4 Å². The van der Waals surface area contributed by atoms with Crippen LogP contribution in [0.2, 0.25) is 0 Å². The molecule has 0 bridgehead atoms. The van der Waals surface area contributed by atoms with E-state index >= 15 is 0 Å². The van der Waals surface area contributed by atoms with Crippen LogP contribution in [0.15, 0.2) is 44.4 Å². The van der Waals surface area contributed by atoms with Crippen LogP contribution >= 0.6 is 0 Å². The molecule has 0 aliphatic carbocycles.